The molecule has 0 N–H and O–H groups in total. The van der Waals surface area contributed by atoms with Crippen LogP contribution in [-0.2, 0) is 0 Å². The SMILES string of the molecule is c1ccc2c(c1)ccc1cc3c(cc12)c1cccc2ccc4cccc3c4c21. The first-order valence-corrected chi connectivity index (χ1v) is 9.79. The van der Waals surface area contributed by atoms with Gasteiger partial charge in [0.15, 0.2) is 0 Å². The summed E-state index contributed by atoms with van der Waals surface area (Å²) in [5.41, 5.74) is 0. The Kier molecular flexibility index (Phi) is 2.57. The minimum atomic E-state index is 1.30. The molecule has 7 aromatic carbocycles. The number of benzene rings is 7. The summed E-state index contributed by atoms with van der Waals surface area (Å²) in [4.78, 5) is 0. The molecule has 0 atom stereocenters. The zero-order valence-corrected chi connectivity index (χ0v) is 15.2. The van der Waals surface area contributed by atoms with Crippen LogP contribution in [0.4, 0.5) is 0 Å². The first-order chi connectivity index (χ1) is 13.9. The van der Waals surface area contributed by atoms with Gasteiger partial charge in [-0.25, -0.2) is 0 Å². The van der Waals surface area contributed by atoms with E-state index in [1.807, 2.05) is 0 Å². The average Bonchev–Trinajstić information content (AvgIpc) is 2.77. The van der Waals surface area contributed by atoms with Gasteiger partial charge < -0.3 is 0 Å². The molecule has 0 unspecified atom stereocenters. The summed E-state index contributed by atoms with van der Waals surface area (Å²) in [6.07, 6.45) is 0. The van der Waals surface area contributed by atoms with Gasteiger partial charge in [0.25, 0.3) is 0 Å². The van der Waals surface area contributed by atoms with E-state index in [9.17, 15) is 0 Å². The van der Waals surface area contributed by atoms with Crippen LogP contribution in [0.1, 0.15) is 0 Å². The highest BCUT2D eigenvalue weighted by Crippen LogP contribution is 2.42. The third kappa shape index (κ3) is 1.70. The third-order valence-electron chi connectivity index (χ3n) is 6.35. The fourth-order valence-corrected chi connectivity index (χ4v) is 5.11. The van der Waals surface area contributed by atoms with Gasteiger partial charge in [-0.15, -0.1) is 0 Å². The minimum absolute atomic E-state index is 1.30. The number of fused-ring (bicyclic) bond motifs is 6. The molecule has 28 heavy (non-hydrogen) atoms. The fraction of sp³-hybridized carbons (Fsp3) is 0. The van der Waals surface area contributed by atoms with Gasteiger partial charge >= 0.3 is 0 Å². The van der Waals surface area contributed by atoms with Crippen molar-refractivity contribution in [2.24, 2.45) is 0 Å². The van der Waals surface area contributed by atoms with Crippen molar-refractivity contribution >= 4 is 64.6 Å². The molecule has 0 amide bonds. The molecule has 128 valence electrons. The molecule has 0 heteroatoms. The summed E-state index contributed by atoms with van der Waals surface area (Å²) >= 11 is 0. The summed E-state index contributed by atoms with van der Waals surface area (Å²) in [6, 6.07) is 35.9. The lowest BCUT2D eigenvalue weighted by Crippen LogP contribution is -1.87. The smallest absolute Gasteiger partial charge is 0.00203 e. The van der Waals surface area contributed by atoms with Gasteiger partial charge in [0.2, 0.25) is 0 Å². The molecule has 0 saturated carbocycles. The van der Waals surface area contributed by atoms with E-state index >= 15 is 0 Å². The first kappa shape index (κ1) is 14.4. The van der Waals surface area contributed by atoms with Gasteiger partial charge in [-0.05, 0) is 76.8 Å². The van der Waals surface area contributed by atoms with Gasteiger partial charge in [0, 0.05) is 0 Å². The third-order valence-corrected chi connectivity index (χ3v) is 6.35. The molecule has 0 fully saturated rings. The molecule has 0 nitrogen and oxygen atoms in total. The van der Waals surface area contributed by atoms with Crippen LogP contribution in [0.3, 0.4) is 0 Å². The average molecular weight is 352 g/mol. The maximum atomic E-state index is 2.41. The summed E-state index contributed by atoms with van der Waals surface area (Å²) in [7, 11) is 0. The van der Waals surface area contributed by atoms with Gasteiger partial charge in [-0.2, -0.15) is 0 Å². The van der Waals surface area contributed by atoms with E-state index in [-0.39, 0.29) is 0 Å². The van der Waals surface area contributed by atoms with Crippen molar-refractivity contribution in [3.8, 4) is 0 Å². The zero-order valence-electron chi connectivity index (χ0n) is 15.2. The highest BCUT2D eigenvalue weighted by atomic mass is 14.2. The topological polar surface area (TPSA) is 0 Å². The van der Waals surface area contributed by atoms with E-state index in [1.54, 1.807) is 0 Å². The quantitative estimate of drug-likeness (QED) is 0.191. The van der Waals surface area contributed by atoms with Crippen molar-refractivity contribution in [2.45, 2.75) is 0 Å². The largest absolute Gasteiger partial charge is 0.0616 e. The molecule has 0 spiro atoms. The second-order valence-electron chi connectivity index (χ2n) is 7.78. The highest BCUT2D eigenvalue weighted by molar-refractivity contribution is 6.35. The number of hydrogen-bond acceptors (Lipinski definition) is 0. The van der Waals surface area contributed by atoms with Crippen molar-refractivity contribution in [3.05, 3.63) is 97.1 Å². The maximum absolute atomic E-state index is 2.41. The molecule has 0 heterocycles. The summed E-state index contributed by atoms with van der Waals surface area (Å²) < 4.78 is 0. The van der Waals surface area contributed by atoms with E-state index in [1.165, 1.54) is 64.6 Å². The Morgan fingerprint density at radius 3 is 1.57 bits per heavy atom. The van der Waals surface area contributed by atoms with Crippen LogP contribution >= 0.6 is 0 Å². The van der Waals surface area contributed by atoms with Crippen molar-refractivity contribution in [1.82, 2.24) is 0 Å². The lowest BCUT2D eigenvalue weighted by atomic mass is 9.88. The van der Waals surface area contributed by atoms with E-state index in [4.69, 9.17) is 0 Å². The van der Waals surface area contributed by atoms with Crippen LogP contribution in [-0.4, -0.2) is 0 Å². The maximum Gasteiger partial charge on any atom is -0.00203 e. The Morgan fingerprint density at radius 1 is 0.286 bits per heavy atom. The Hall–Kier alpha value is -3.64. The van der Waals surface area contributed by atoms with Gasteiger partial charge in [0.1, 0.15) is 0 Å². The molecule has 0 aliphatic heterocycles. The predicted molar refractivity (Wildman–Crippen MR) is 123 cm³/mol. The van der Waals surface area contributed by atoms with Crippen molar-refractivity contribution in [2.75, 3.05) is 0 Å². The molecular formula is C28H16. The van der Waals surface area contributed by atoms with Crippen molar-refractivity contribution in [3.63, 3.8) is 0 Å². The van der Waals surface area contributed by atoms with Crippen LogP contribution < -0.4 is 0 Å². The Balaban J connectivity index is 1.85. The normalized spacial score (nSPS) is 12.3. The second-order valence-corrected chi connectivity index (χ2v) is 7.78. The minimum Gasteiger partial charge on any atom is -0.0616 e. The monoisotopic (exact) mass is 352 g/mol. The molecule has 0 aromatic heterocycles. The van der Waals surface area contributed by atoms with E-state index < -0.39 is 0 Å². The van der Waals surface area contributed by atoms with Crippen LogP contribution in [0.25, 0.3) is 64.6 Å². The Bertz CT molecular complexity index is 1700. The Labute approximate surface area is 162 Å². The van der Waals surface area contributed by atoms with E-state index in [0.29, 0.717) is 0 Å². The first-order valence-electron chi connectivity index (χ1n) is 9.79. The van der Waals surface area contributed by atoms with Crippen LogP contribution in [0, 0.1) is 0 Å². The number of hydrogen-bond donors (Lipinski definition) is 0. The molecule has 7 rings (SSSR count). The molecule has 0 radical (unpaired) electrons. The van der Waals surface area contributed by atoms with Crippen molar-refractivity contribution in [1.29, 1.82) is 0 Å². The summed E-state index contributed by atoms with van der Waals surface area (Å²) in [6.45, 7) is 0. The van der Waals surface area contributed by atoms with Crippen LogP contribution in [0.2, 0.25) is 0 Å². The number of rotatable bonds is 0. The van der Waals surface area contributed by atoms with Crippen LogP contribution in [0.15, 0.2) is 97.1 Å². The highest BCUT2D eigenvalue weighted by Gasteiger charge is 2.14. The fourth-order valence-electron chi connectivity index (χ4n) is 5.11. The summed E-state index contributed by atoms with van der Waals surface area (Å²) in [5, 5.41) is 16.1. The van der Waals surface area contributed by atoms with Gasteiger partial charge in [-0.1, -0.05) is 84.9 Å². The Morgan fingerprint density at radius 2 is 0.821 bits per heavy atom. The molecule has 0 bridgehead atoms. The second kappa shape index (κ2) is 4.99. The van der Waals surface area contributed by atoms with E-state index in [0.717, 1.165) is 0 Å². The molecule has 0 saturated heterocycles. The van der Waals surface area contributed by atoms with E-state index in [2.05, 4.69) is 97.1 Å². The molecular weight excluding hydrogens is 336 g/mol. The molecule has 0 aliphatic rings. The lowest BCUT2D eigenvalue weighted by Gasteiger charge is -2.15. The molecule has 0 aliphatic carbocycles. The standard InChI is InChI=1S/C28H16/c1-2-8-21-17(5-1)11-14-20-15-25-22-9-3-6-18-12-13-19-7-4-10-23(28(19)27(18)22)26(25)16-24(20)21/h1-16H. The van der Waals surface area contributed by atoms with Gasteiger partial charge in [-0.3, -0.25) is 0 Å². The predicted octanol–water partition coefficient (Wildman–Crippen LogP) is 8.04. The summed E-state index contributed by atoms with van der Waals surface area (Å²) in [5.74, 6) is 0. The van der Waals surface area contributed by atoms with Crippen molar-refractivity contribution < 1.29 is 0 Å². The molecule has 7 aromatic rings. The van der Waals surface area contributed by atoms with Gasteiger partial charge in [0.05, 0.1) is 0 Å². The van der Waals surface area contributed by atoms with Crippen LogP contribution in [0.5, 0.6) is 0 Å². The zero-order chi connectivity index (χ0) is 18.2. The lowest BCUT2D eigenvalue weighted by molar-refractivity contribution is 1.79.